The minimum Gasteiger partial charge on any atom is -0.480 e. The van der Waals surface area contributed by atoms with Gasteiger partial charge in [-0.15, -0.1) is 0 Å². The Morgan fingerprint density at radius 3 is 2.63 bits per heavy atom. The lowest BCUT2D eigenvalue weighted by molar-refractivity contribution is -0.136. The summed E-state index contributed by atoms with van der Waals surface area (Å²) in [6.07, 6.45) is 6.86. The van der Waals surface area contributed by atoms with E-state index in [1.807, 2.05) is 18.2 Å². The van der Waals surface area contributed by atoms with Gasteiger partial charge in [-0.25, -0.2) is 10.9 Å². The SMILES string of the molecule is CCCCCCC(Sc1ccccn1)C(=O)O.NO. The van der Waals surface area contributed by atoms with Gasteiger partial charge in [0.25, 0.3) is 0 Å². The molecule has 1 atom stereocenters. The van der Waals surface area contributed by atoms with E-state index < -0.39 is 5.97 Å². The fourth-order valence-electron chi connectivity index (χ4n) is 1.55. The van der Waals surface area contributed by atoms with Crippen LogP contribution >= 0.6 is 11.8 Å². The van der Waals surface area contributed by atoms with Gasteiger partial charge in [-0.3, -0.25) is 4.79 Å². The third-order valence-corrected chi connectivity index (χ3v) is 3.70. The molecule has 108 valence electrons. The number of carbonyl (C=O) groups is 1. The highest BCUT2D eigenvalue weighted by Gasteiger charge is 2.18. The molecule has 0 bridgehead atoms. The molecule has 0 spiro atoms. The molecular weight excluding hydrogens is 264 g/mol. The number of hydrogen-bond donors (Lipinski definition) is 3. The number of carboxylic acids is 1. The number of pyridine rings is 1. The van der Waals surface area contributed by atoms with Crippen LogP contribution in [0.3, 0.4) is 0 Å². The first-order valence-corrected chi connectivity index (χ1v) is 7.18. The van der Waals surface area contributed by atoms with Crippen molar-refractivity contribution in [2.24, 2.45) is 5.90 Å². The van der Waals surface area contributed by atoms with Crippen molar-refractivity contribution in [2.45, 2.75) is 49.3 Å². The van der Waals surface area contributed by atoms with E-state index in [1.165, 1.54) is 24.6 Å². The lowest BCUT2D eigenvalue weighted by atomic mass is 10.1. The Morgan fingerprint density at radius 1 is 1.37 bits per heavy atom. The molecule has 19 heavy (non-hydrogen) atoms. The number of carboxylic acid groups (broad SMARTS) is 1. The van der Waals surface area contributed by atoms with Gasteiger partial charge >= 0.3 is 5.97 Å². The van der Waals surface area contributed by atoms with Crippen LogP contribution in [0.15, 0.2) is 29.4 Å². The summed E-state index contributed by atoms with van der Waals surface area (Å²) in [5, 5.41) is 16.1. The summed E-state index contributed by atoms with van der Waals surface area (Å²) in [5.74, 6) is 2.76. The second-order valence-electron chi connectivity index (χ2n) is 3.96. The van der Waals surface area contributed by atoms with Crippen molar-refractivity contribution in [1.82, 2.24) is 4.98 Å². The molecule has 1 aromatic rings. The molecular formula is C13H22N2O3S. The van der Waals surface area contributed by atoms with Crippen LogP contribution in [0.2, 0.25) is 0 Å². The Kier molecular flexibility index (Phi) is 11.3. The van der Waals surface area contributed by atoms with E-state index in [1.54, 1.807) is 6.20 Å². The summed E-state index contributed by atoms with van der Waals surface area (Å²) in [6.45, 7) is 2.15. The van der Waals surface area contributed by atoms with Crippen LogP contribution in [-0.4, -0.2) is 26.5 Å². The van der Waals surface area contributed by atoms with Gasteiger partial charge in [0.1, 0.15) is 5.25 Å². The highest BCUT2D eigenvalue weighted by Crippen LogP contribution is 2.25. The summed E-state index contributed by atoms with van der Waals surface area (Å²) in [5.41, 5.74) is 0. The van der Waals surface area contributed by atoms with Crippen LogP contribution in [0.1, 0.15) is 39.0 Å². The number of aromatic nitrogens is 1. The Labute approximate surface area is 118 Å². The van der Waals surface area contributed by atoms with E-state index in [-0.39, 0.29) is 5.25 Å². The van der Waals surface area contributed by atoms with E-state index in [0.29, 0.717) is 0 Å². The standard InChI is InChI=1S/C13H19NO2S.H3NO/c1-2-3-4-5-8-11(13(15)16)17-12-9-6-7-10-14-12;1-2/h6-7,9-11H,2-5,8H2,1H3,(H,15,16);2H,1H2. The van der Waals surface area contributed by atoms with E-state index in [0.717, 1.165) is 24.3 Å². The maximum absolute atomic E-state index is 11.1. The molecule has 0 saturated heterocycles. The average Bonchev–Trinajstić information content (AvgIpc) is 2.45. The highest BCUT2D eigenvalue weighted by molar-refractivity contribution is 8.00. The number of thioether (sulfide) groups is 1. The molecule has 0 aliphatic rings. The summed E-state index contributed by atoms with van der Waals surface area (Å²) < 4.78 is 0. The molecule has 6 heteroatoms. The molecule has 1 rings (SSSR count). The van der Waals surface area contributed by atoms with Crippen LogP contribution in [0.5, 0.6) is 0 Å². The summed E-state index contributed by atoms with van der Waals surface area (Å²) >= 11 is 1.34. The molecule has 0 aromatic carbocycles. The molecule has 0 aliphatic heterocycles. The summed E-state index contributed by atoms with van der Waals surface area (Å²) in [7, 11) is 0. The van der Waals surface area contributed by atoms with Gasteiger partial charge in [0.2, 0.25) is 0 Å². The van der Waals surface area contributed by atoms with Crippen LogP contribution in [0, 0.1) is 0 Å². The van der Waals surface area contributed by atoms with Crippen molar-refractivity contribution >= 4 is 17.7 Å². The molecule has 1 aromatic heterocycles. The summed E-state index contributed by atoms with van der Waals surface area (Å²) in [6, 6.07) is 5.57. The van der Waals surface area contributed by atoms with Crippen LogP contribution in [-0.2, 0) is 4.79 Å². The Balaban J connectivity index is 0.00000154. The number of aliphatic carboxylic acids is 1. The van der Waals surface area contributed by atoms with Crippen molar-refractivity contribution in [3.63, 3.8) is 0 Å². The molecule has 0 saturated carbocycles. The fourth-order valence-corrected chi connectivity index (χ4v) is 2.51. The van der Waals surface area contributed by atoms with Gasteiger partial charge in [-0.05, 0) is 18.6 Å². The maximum Gasteiger partial charge on any atom is 0.317 e. The predicted octanol–water partition coefficient (Wildman–Crippen LogP) is 2.93. The third-order valence-electron chi connectivity index (χ3n) is 2.50. The first-order valence-electron chi connectivity index (χ1n) is 6.30. The fraction of sp³-hybridized carbons (Fsp3) is 0.538. The smallest absolute Gasteiger partial charge is 0.317 e. The average molecular weight is 286 g/mol. The number of nitrogens with two attached hydrogens (primary N) is 1. The molecule has 5 nitrogen and oxygen atoms in total. The minimum absolute atomic E-state index is 0.373. The first-order chi connectivity index (χ1) is 9.24. The topological polar surface area (TPSA) is 96.4 Å². The summed E-state index contributed by atoms with van der Waals surface area (Å²) in [4.78, 5) is 15.3. The van der Waals surface area contributed by atoms with Crippen LogP contribution in [0.25, 0.3) is 0 Å². The van der Waals surface area contributed by atoms with Crippen LogP contribution in [0.4, 0.5) is 0 Å². The monoisotopic (exact) mass is 286 g/mol. The van der Waals surface area contributed by atoms with Gasteiger partial charge in [-0.1, -0.05) is 50.4 Å². The first kappa shape index (κ1) is 17.9. The Morgan fingerprint density at radius 2 is 2.11 bits per heavy atom. The van der Waals surface area contributed by atoms with Gasteiger partial charge < -0.3 is 10.3 Å². The second-order valence-corrected chi connectivity index (χ2v) is 5.19. The molecule has 1 heterocycles. The molecule has 0 amide bonds. The number of hydrogen-bond acceptors (Lipinski definition) is 5. The van der Waals surface area contributed by atoms with E-state index in [2.05, 4.69) is 17.8 Å². The van der Waals surface area contributed by atoms with E-state index >= 15 is 0 Å². The van der Waals surface area contributed by atoms with Gasteiger partial charge in [0.05, 0.1) is 5.03 Å². The lowest BCUT2D eigenvalue weighted by Crippen LogP contribution is -2.16. The molecule has 0 fully saturated rings. The largest absolute Gasteiger partial charge is 0.480 e. The lowest BCUT2D eigenvalue weighted by Gasteiger charge is -2.10. The van der Waals surface area contributed by atoms with Crippen molar-refractivity contribution < 1.29 is 15.1 Å². The zero-order valence-electron chi connectivity index (χ0n) is 11.2. The zero-order valence-corrected chi connectivity index (χ0v) is 12.0. The minimum atomic E-state index is -0.739. The van der Waals surface area contributed by atoms with Crippen molar-refractivity contribution in [1.29, 1.82) is 0 Å². The van der Waals surface area contributed by atoms with Gasteiger partial charge in [0.15, 0.2) is 0 Å². The highest BCUT2D eigenvalue weighted by atomic mass is 32.2. The van der Waals surface area contributed by atoms with Crippen molar-refractivity contribution in [2.75, 3.05) is 0 Å². The van der Waals surface area contributed by atoms with Gasteiger partial charge in [-0.2, -0.15) is 0 Å². The van der Waals surface area contributed by atoms with Gasteiger partial charge in [0, 0.05) is 6.20 Å². The number of unbranched alkanes of at least 4 members (excludes halogenated alkanes) is 3. The molecule has 0 radical (unpaired) electrons. The van der Waals surface area contributed by atoms with Crippen molar-refractivity contribution in [3.8, 4) is 0 Å². The maximum atomic E-state index is 11.1. The Bertz CT molecular complexity index is 336. The molecule has 4 N–H and O–H groups in total. The zero-order chi connectivity index (χ0) is 14.5. The second kappa shape index (κ2) is 12.0. The Hall–Kier alpha value is -1.11. The predicted molar refractivity (Wildman–Crippen MR) is 76.3 cm³/mol. The van der Waals surface area contributed by atoms with Crippen LogP contribution < -0.4 is 5.90 Å². The van der Waals surface area contributed by atoms with Crippen molar-refractivity contribution in [3.05, 3.63) is 24.4 Å². The van der Waals surface area contributed by atoms with E-state index in [4.69, 9.17) is 10.3 Å². The number of nitrogens with zero attached hydrogens (tertiary/aromatic N) is 1. The third kappa shape index (κ3) is 8.58. The molecule has 0 aliphatic carbocycles. The quantitative estimate of drug-likeness (QED) is 0.386. The van der Waals surface area contributed by atoms with E-state index in [9.17, 15) is 4.79 Å². The normalized spacial score (nSPS) is 11.3. The number of rotatable bonds is 8. The molecule has 1 unspecified atom stereocenters.